The number of aryl methyl sites for hydroxylation is 2. The van der Waals surface area contributed by atoms with E-state index < -0.39 is 6.04 Å². The topological polar surface area (TPSA) is 87.7 Å². The summed E-state index contributed by atoms with van der Waals surface area (Å²) in [6.07, 6.45) is 1.27. The molecular weight excluding hydrogens is 418 g/mol. The molecule has 1 atom stereocenters. The van der Waals surface area contributed by atoms with Gasteiger partial charge in [-0.05, 0) is 55.9 Å². The van der Waals surface area contributed by atoms with Crippen LogP contribution in [0.5, 0.6) is 0 Å². The van der Waals surface area contributed by atoms with Crippen molar-refractivity contribution >= 4 is 17.7 Å². The van der Waals surface area contributed by atoms with E-state index in [1.165, 1.54) is 0 Å². The maximum atomic E-state index is 13.0. The molecule has 2 N–H and O–H groups in total. The normalized spacial score (nSPS) is 15.1. The third-order valence-corrected chi connectivity index (χ3v) is 6.24. The van der Waals surface area contributed by atoms with E-state index in [-0.39, 0.29) is 23.6 Å². The number of nitrogens with zero attached hydrogens (tertiary/aromatic N) is 1. The van der Waals surface area contributed by atoms with Gasteiger partial charge in [0, 0.05) is 37.9 Å². The third-order valence-electron chi connectivity index (χ3n) is 6.24. The predicted octanol–water partition coefficient (Wildman–Crippen LogP) is 2.72. The van der Waals surface area contributed by atoms with Crippen LogP contribution in [0.15, 0.2) is 48.5 Å². The average Bonchev–Trinajstić information content (AvgIpc) is 2.83. The Morgan fingerprint density at radius 1 is 0.970 bits per heavy atom. The van der Waals surface area contributed by atoms with Crippen LogP contribution in [0.4, 0.5) is 0 Å². The molecule has 176 valence electrons. The van der Waals surface area contributed by atoms with Crippen LogP contribution in [0, 0.1) is 19.8 Å². The second-order valence-electron chi connectivity index (χ2n) is 8.49. The molecule has 0 aromatic heterocycles. The fourth-order valence-electron chi connectivity index (χ4n) is 4.25. The van der Waals surface area contributed by atoms with Crippen LogP contribution < -0.4 is 10.6 Å². The molecule has 0 bridgehead atoms. The average molecular weight is 452 g/mol. The molecule has 1 aliphatic heterocycles. The molecule has 2 aromatic rings. The van der Waals surface area contributed by atoms with Gasteiger partial charge < -0.3 is 20.3 Å². The molecule has 1 fully saturated rings. The summed E-state index contributed by atoms with van der Waals surface area (Å²) in [4.78, 5) is 40.8. The summed E-state index contributed by atoms with van der Waals surface area (Å²) in [5.41, 5.74) is 3.06. The molecule has 3 amide bonds. The number of carbonyl (C=O) groups excluding carboxylic acids is 3. The van der Waals surface area contributed by atoms with E-state index in [1.807, 2.05) is 61.2 Å². The van der Waals surface area contributed by atoms with Crippen molar-refractivity contribution in [2.45, 2.75) is 32.7 Å². The lowest BCUT2D eigenvalue weighted by molar-refractivity contribution is -0.124. The highest BCUT2D eigenvalue weighted by Gasteiger charge is 2.34. The van der Waals surface area contributed by atoms with Gasteiger partial charge in [0.25, 0.3) is 11.8 Å². The minimum absolute atomic E-state index is 0.0107. The number of piperidine rings is 1. The molecule has 7 heteroatoms. The summed E-state index contributed by atoms with van der Waals surface area (Å²) < 4.78 is 5.03. The first-order valence-corrected chi connectivity index (χ1v) is 11.4. The van der Waals surface area contributed by atoms with E-state index in [1.54, 1.807) is 13.2 Å². The molecular formula is C26H33N3O4. The summed E-state index contributed by atoms with van der Waals surface area (Å²) in [6, 6.07) is 14.2. The number of rotatable bonds is 8. The van der Waals surface area contributed by atoms with Crippen molar-refractivity contribution in [1.29, 1.82) is 0 Å². The van der Waals surface area contributed by atoms with Crippen LogP contribution in [0.3, 0.4) is 0 Å². The molecule has 0 spiro atoms. The molecule has 0 aliphatic carbocycles. The van der Waals surface area contributed by atoms with Crippen LogP contribution in [-0.4, -0.2) is 62.0 Å². The van der Waals surface area contributed by atoms with Crippen LogP contribution in [-0.2, 0) is 9.53 Å². The van der Waals surface area contributed by atoms with Crippen molar-refractivity contribution in [2.24, 2.45) is 5.92 Å². The maximum Gasteiger partial charge on any atom is 0.254 e. The summed E-state index contributed by atoms with van der Waals surface area (Å²) in [6.45, 7) is 5.66. The summed E-state index contributed by atoms with van der Waals surface area (Å²) >= 11 is 0. The van der Waals surface area contributed by atoms with E-state index in [0.29, 0.717) is 50.2 Å². The molecule has 1 saturated heterocycles. The highest BCUT2D eigenvalue weighted by molar-refractivity contribution is 5.99. The molecule has 0 saturated carbocycles. The fourth-order valence-corrected chi connectivity index (χ4v) is 4.25. The van der Waals surface area contributed by atoms with Crippen molar-refractivity contribution in [3.05, 3.63) is 70.8 Å². The molecule has 3 rings (SSSR count). The highest BCUT2D eigenvalue weighted by Crippen LogP contribution is 2.24. The molecule has 2 aromatic carbocycles. The van der Waals surface area contributed by atoms with Crippen molar-refractivity contribution < 1.29 is 19.1 Å². The van der Waals surface area contributed by atoms with E-state index >= 15 is 0 Å². The minimum atomic E-state index is -0.676. The van der Waals surface area contributed by atoms with Gasteiger partial charge in [-0.2, -0.15) is 0 Å². The summed E-state index contributed by atoms with van der Waals surface area (Å²) in [7, 11) is 1.57. The van der Waals surface area contributed by atoms with Gasteiger partial charge in [-0.25, -0.2) is 0 Å². The quantitative estimate of drug-likeness (QED) is 0.604. The standard InChI is InChI=1S/C26H33N3O4/c1-18-8-4-6-10-21(18)24(30)28-23(25(31)27-14-17-33-3)20-12-15-29(16-13-20)26(32)22-11-7-5-9-19(22)2/h4-11,20,23H,12-17H2,1-3H3,(H,27,31)(H,28,30)/t23-/m1/s1. The Kier molecular flexibility index (Phi) is 8.60. The number of carbonyl (C=O) groups is 3. The van der Waals surface area contributed by atoms with Gasteiger partial charge in [0.1, 0.15) is 6.04 Å². The fraction of sp³-hybridized carbons (Fsp3) is 0.423. The van der Waals surface area contributed by atoms with Gasteiger partial charge in [0.2, 0.25) is 5.91 Å². The zero-order valence-electron chi connectivity index (χ0n) is 19.6. The van der Waals surface area contributed by atoms with Gasteiger partial charge >= 0.3 is 0 Å². The number of hydrogen-bond donors (Lipinski definition) is 2. The monoisotopic (exact) mass is 451 g/mol. The Labute approximate surface area is 195 Å². The zero-order valence-corrected chi connectivity index (χ0v) is 19.6. The zero-order chi connectivity index (χ0) is 23.8. The molecule has 1 heterocycles. The van der Waals surface area contributed by atoms with Crippen LogP contribution in [0.2, 0.25) is 0 Å². The first kappa shape index (κ1) is 24.5. The maximum absolute atomic E-state index is 13.0. The Bertz CT molecular complexity index is 983. The Morgan fingerprint density at radius 3 is 2.12 bits per heavy atom. The van der Waals surface area contributed by atoms with Crippen molar-refractivity contribution in [1.82, 2.24) is 15.5 Å². The van der Waals surface area contributed by atoms with Gasteiger partial charge in [0.15, 0.2) is 0 Å². The van der Waals surface area contributed by atoms with Gasteiger partial charge in [0.05, 0.1) is 6.61 Å². The van der Waals surface area contributed by atoms with E-state index in [4.69, 9.17) is 4.74 Å². The molecule has 33 heavy (non-hydrogen) atoms. The first-order chi connectivity index (χ1) is 15.9. The number of methoxy groups -OCH3 is 1. The first-order valence-electron chi connectivity index (χ1n) is 11.4. The lowest BCUT2D eigenvalue weighted by Gasteiger charge is -2.36. The number of nitrogens with one attached hydrogen (secondary N) is 2. The van der Waals surface area contributed by atoms with E-state index in [2.05, 4.69) is 10.6 Å². The smallest absolute Gasteiger partial charge is 0.254 e. The number of hydrogen-bond acceptors (Lipinski definition) is 4. The van der Waals surface area contributed by atoms with Crippen molar-refractivity contribution in [2.75, 3.05) is 33.4 Å². The largest absolute Gasteiger partial charge is 0.383 e. The summed E-state index contributed by atoms with van der Waals surface area (Å²) in [5.74, 6) is -0.547. The lowest BCUT2D eigenvalue weighted by Crippen LogP contribution is -2.54. The van der Waals surface area contributed by atoms with E-state index in [0.717, 1.165) is 11.1 Å². The van der Waals surface area contributed by atoms with Gasteiger partial charge in [-0.3, -0.25) is 14.4 Å². The molecule has 1 aliphatic rings. The second kappa shape index (κ2) is 11.6. The lowest BCUT2D eigenvalue weighted by atomic mass is 9.88. The number of benzene rings is 2. The second-order valence-corrected chi connectivity index (χ2v) is 8.49. The molecule has 0 radical (unpaired) electrons. The minimum Gasteiger partial charge on any atom is -0.383 e. The Hall–Kier alpha value is -3.19. The number of likely N-dealkylation sites (tertiary alicyclic amines) is 1. The third kappa shape index (κ3) is 6.20. The number of amides is 3. The highest BCUT2D eigenvalue weighted by atomic mass is 16.5. The van der Waals surface area contributed by atoms with Crippen LogP contribution in [0.25, 0.3) is 0 Å². The Balaban J connectivity index is 1.70. The van der Waals surface area contributed by atoms with E-state index in [9.17, 15) is 14.4 Å². The molecule has 7 nitrogen and oxygen atoms in total. The summed E-state index contributed by atoms with van der Waals surface area (Å²) in [5, 5.41) is 5.82. The Morgan fingerprint density at radius 2 is 1.55 bits per heavy atom. The predicted molar refractivity (Wildman–Crippen MR) is 127 cm³/mol. The van der Waals surface area contributed by atoms with Gasteiger partial charge in [-0.1, -0.05) is 36.4 Å². The molecule has 0 unspecified atom stereocenters. The number of ether oxygens (including phenoxy) is 1. The van der Waals surface area contributed by atoms with Gasteiger partial charge in [-0.15, -0.1) is 0 Å². The van der Waals surface area contributed by atoms with Crippen molar-refractivity contribution in [3.8, 4) is 0 Å². The SMILES string of the molecule is COCCNC(=O)[C@H](NC(=O)c1ccccc1C)C1CCN(C(=O)c2ccccc2C)CC1. The van der Waals surface area contributed by atoms with Crippen LogP contribution >= 0.6 is 0 Å². The van der Waals surface area contributed by atoms with Crippen LogP contribution in [0.1, 0.15) is 44.7 Å². The van der Waals surface area contributed by atoms with Crippen molar-refractivity contribution in [3.63, 3.8) is 0 Å².